The topological polar surface area (TPSA) is 81.0 Å². The number of hydrogen-bond donors (Lipinski definition) is 0. The number of halogens is 1. The molecule has 0 fully saturated rings. The highest BCUT2D eigenvalue weighted by Crippen LogP contribution is 2.40. The van der Waals surface area contributed by atoms with Crippen LogP contribution >= 0.6 is 11.6 Å². The molecule has 1 aliphatic heterocycles. The van der Waals surface area contributed by atoms with Gasteiger partial charge in [0.1, 0.15) is 0 Å². The number of hydrogen-bond acceptors (Lipinski definition) is 6. The van der Waals surface area contributed by atoms with Crippen molar-refractivity contribution in [2.24, 2.45) is 0 Å². The largest absolute Gasteiger partial charge is 0.324 e. The molecule has 9 heteroatoms. The number of sulfone groups is 1. The summed E-state index contributed by atoms with van der Waals surface area (Å²) in [6.45, 7) is 6.93. The van der Waals surface area contributed by atoms with Crippen LogP contribution in [-0.4, -0.2) is 41.2 Å². The first-order chi connectivity index (χ1) is 14.2. The molecule has 0 N–H and O–H groups in total. The fourth-order valence-corrected chi connectivity index (χ4v) is 5.19. The highest BCUT2D eigenvalue weighted by atomic mass is 35.5. The van der Waals surface area contributed by atoms with E-state index in [1.54, 1.807) is 6.07 Å². The van der Waals surface area contributed by atoms with Crippen molar-refractivity contribution >= 4 is 44.0 Å². The number of aromatic nitrogens is 4. The fourth-order valence-electron chi connectivity index (χ4n) is 4.32. The summed E-state index contributed by atoms with van der Waals surface area (Å²) >= 11 is 6.29. The minimum Gasteiger partial charge on any atom is -0.324 e. The summed E-state index contributed by atoms with van der Waals surface area (Å²) in [6.07, 6.45) is 4.78. The zero-order valence-electron chi connectivity index (χ0n) is 17.7. The van der Waals surface area contributed by atoms with Crippen LogP contribution in [0.4, 0.5) is 11.5 Å². The second kappa shape index (κ2) is 7.81. The average molecular weight is 448 g/mol. The summed E-state index contributed by atoms with van der Waals surface area (Å²) in [4.78, 5) is 6.65. The van der Waals surface area contributed by atoms with Crippen molar-refractivity contribution in [3.05, 3.63) is 34.3 Å². The Morgan fingerprint density at radius 1 is 1.20 bits per heavy atom. The summed E-state index contributed by atoms with van der Waals surface area (Å²) < 4.78 is 26.8. The lowest BCUT2D eigenvalue weighted by atomic mass is 9.98. The number of pyridine rings is 1. The van der Waals surface area contributed by atoms with E-state index >= 15 is 0 Å². The summed E-state index contributed by atoms with van der Waals surface area (Å²) in [5.74, 6) is 0.538. The third kappa shape index (κ3) is 3.56. The van der Waals surface area contributed by atoms with Gasteiger partial charge >= 0.3 is 0 Å². The lowest BCUT2D eigenvalue weighted by Crippen LogP contribution is -2.27. The monoisotopic (exact) mass is 447 g/mol. The molecular weight excluding hydrogens is 422 g/mol. The van der Waals surface area contributed by atoms with Gasteiger partial charge in [0.15, 0.2) is 26.2 Å². The van der Waals surface area contributed by atoms with Crippen LogP contribution in [0.2, 0.25) is 5.02 Å². The van der Waals surface area contributed by atoms with Gasteiger partial charge in [-0.2, -0.15) is 0 Å². The molecular formula is C21H26ClN5O2S. The van der Waals surface area contributed by atoms with E-state index in [1.165, 1.54) is 6.26 Å². The molecule has 1 aliphatic rings. The Bertz CT molecular complexity index is 1220. The summed E-state index contributed by atoms with van der Waals surface area (Å²) in [5, 5.41) is 9.58. The van der Waals surface area contributed by atoms with Gasteiger partial charge in [0.05, 0.1) is 11.6 Å². The molecule has 3 aromatic rings. The zero-order valence-corrected chi connectivity index (χ0v) is 19.3. The van der Waals surface area contributed by atoms with Gasteiger partial charge in [-0.05, 0) is 55.9 Å². The number of fused-ring (bicyclic) bond motifs is 2. The molecule has 4 rings (SSSR count). The van der Waals surface area contributed by atoms with E-state index < -0.39 is 9.84 Å². The van der Waals surface area contributed by atoms with Crippen molar-refractivity contribution in [2.45, 2.75) is 57.5 Å². The lowest BCUT2D eigenvalue weighted by molar-refractivity contribution is 0.429. The summed E-state index contributed by atoms with van der Waals surface area (Å²) in [6, 6.07) is 5.66. The van der Waals surface area contributed by atoms with Gasteiger partial charge < -0.3 is 4.90 Å². The first-order valence-electron chi connectivity index (χ1n) is 10.3. The second-order valence-electron chi connectivity index (χ2n) is 7.91. The molecule has 0 saturated heterocycles. The standard InChI is InChI=1S/C21H26ClN5O2S/c1-5-16(6-2)27-17-12-18(30(4,28)29)23-21(19(17)24-25-27)26-9-7-8-14-11-15(22)10-13(3)20(14)26/h10-12,16H,5-9H2,1-4H3. The maximum absolute atomic E-state index is 12.5. The molecule has 1 aromatic carbocycles. The van der Waals surface area contributed by atoms with E-state index in [1.807, 2.05) is 23.7 Å². The Balaban J connectivity index is 2.01. The third-order valence-electron chi connectivity index (χ3n) is 5.78. The number of benzene rings is 1. The number of aryl methyl sites for hydroxylation is 2. The van der Waals surface area contributed by atoms with E-state index in [9.17, 15) is 8.42 Å². The van der Waals surface area contributed by atoms with Crippen LogP contribution in [0, 0.1) is 6.92 Å². The SMILES string of the molecule is CCC(CC)n1nnc2c(N3CCCc4cc(Cl)cc(C)c43)nc(S(C)(=O)=O)cc21. The second-order valence-corrected chi connectivity index (χ2v) is 10.3. The molecule has 0 amide bonds. The molecule has 0 unspecified atom stereocenters. The Kier molecular flexibility index (Phi) is 5.48. The molecule has 0 atom stereocenters. The predicted octanol–water partition coefficient (Wildman–Crippen LogP) is 4.64. The molecule has 0 saturated carbocycles. The first-order valence-corrected chi connectivity index (χ1v) is 12.5. The Morgan fingerprint density at radius 2 is 1.93 bits per heavy atom. The van der Waals surface area contributed by atoms with Gasteiger partial charge in [-0.25, -0.2) is 18.1 Å². The maximum atomic E-state index is 12.5. The molecule has 0 radical (unpaired) electrons. The van der Waals surface area contributed by atoms with E-state index in [0.717, 1.165) is 49.0 Å². The quantitative estimate of drug-likeness (QED) is 0.566. The Morgan fingerprint density at radius 3 is 2.60 bits per heavy atom. The lowest BCUT2D eigenvalue weighted by Gasteiger charge is -2.32. The molecule has 2 aromatic heterocycles. The van der Waals surface area contributed by atoms with Gasteiger partial charge in [-0.3, -0.25) is 0 Å². The van der Waals surface area contributed by atoms with E-state index in [0.29, 0.717) is 21.9 Å². The van der Waals surface area contributed by atoms with Gasteiger partial charge in [-0.1, -0.05) is 30.7 Å². The highest BCUT2D eigenvalue weighted by molar-refractivity contribution is 7.90. The van der Waals surface area contributed by atoms with Crippen LogP contribution < -0.4 is 4.90 Å². The van der Waals surface area contributed by atoms with Crippen LogP contribution in [0.25, 0.3) is 11.0 Å². The van der Waals surface area contributed by atoms with Crippen molar-refractivity contribution in [2.75, 3.05) is 17.7 Å². The van der Waals surface area contributed by atoms with Crippen LogP contribution in [0.1, 0.15) is 50.3 Å². The van der Waals surface area contributed by atoms with Crippen LogP contribution in [-0.2, 0) is 16.3 Å². The predicted molar refractivity (Wildman–Crippen MR) is 120 cm³/mol. The number of rotatable bonds is 5. The highest BCUT2D eigenvalue weighted by Gasteiger charge is 2.28. The zero-order chi connectivity index (χ0) is 21.6. The number of nitrogens with zero attached hydrogens (tertiary/aromatic N) is 5. The molecule has 3 heterocycles. The summed E-state index contributed by atoms with van der Waals surface area (Å²) in [5.41, 5.74) is 4.52. The number of anilines is 2. The van der Waals surface area contributed by atoms with Crippen LogP contribution in [0.15, 0.2) is 23.2 Å². The minimum atomic E-state index is -3.51. The van der Waals surface area contributed by atoms with Crippen molar-refractivity contribution in [3.63, 3.8) is 0 Å². The maximum Gasteiger partial charge on any atom is 0.192 e. The molecule has 160 valence electrons. The fraction of sp³-hybridized carbons (Fsp3) is 0.476. The first kappa shape index (κ1) is 21.1. The van der Waals surface area contributed by atoms with Crippen LogP contribution in [0.3, 0.4) is 0 Å². The average Bonchev–Trinajstić information content (AvgIpc) is 3.11. The van der Waals surface area contributed by atoms with Gasteiger partial charge in [0.25, 0.3) is 0 Å². The summed E-state index contributed by atoms with van der Waals surface area (Å²) in [7, 11) is -3.51. The van der Waals surface area contributed by atoms with Crippen molar-refractivity contribution in [1.82, 2.24) is 20.0 Å². The van der Waals surface area contributed by atoms with Crippen molar-refractivity contribution < 1.29 is 8.42 Å². The molecule has 30 heavy (non-hydrogen) atoms. The molecule has 0 bridgehead atoms. The smallest absolute Gasteiger partial charge is 0.192 e. The minimum absolute atomic E-state index is 0.0400. The van der Waals surface area contributed by atoms with E-state index in [-0.39, 0.29) is 11.1 Å². The Hall–Kier alpha value is -2.19. The normalized spacial score (nSPS) is 14.5. The van der Waals surface area contributed by atoms with Crippen molar-refractivity contribution in [3.8, 4) is 0 Å². The molecule has 0 spiro atoms. The van der Waals surface area contributed by atoms with E-state index in [2.05, 4.69) is 34.0 Å². The van der Waals surface area contributed by atoms with Crippen LogP contribution in [0.5, 0.6) is 0 Å². The van der Waals surface area contributed by atoms with Gasteiger partial charge in [0, 0.05) is 29.6 Å². The van der Waals surface area contributed by atoms with Crippen molar-refractivity contribution in [1.29, 1.82) is 0 Å². The Labute approximate surface area is 182 Å². The molecule has 0 aliphatic carbocycles. The van der Waals surface area contributed by atoms with E-state index in [4.69, 9.17) is 11.6 Å². The van der Waals surface area contributed by atoms with Gasteiger partial charge in [0.2, 0.25) is 0 Å². The molecule has 7 nitrogen and oxygen atoms in total. The van der Waals surface area contributed by atoms with Gasteiger partial charge in [-0.15, -0.1) is 5.10 Å². The third-order valence-corrected chi connectivity index (χ3v) is 6.97.